The van der Waals surface area contributed by atoms with Crippen LogP contribution in [0.2, 0.25) is 0 Å². The number of benzene rings is 5. The molecule has 0 saturated carbocycles. The zero-order chi connectivity index (χ0) is 33.5. The van der Waals surface area contributed by atoms with Crippen LogP contribution in [0.1, 0.15) is 52.3 Å². The van der Waals surface area contributed by atoms with Crippen molar-refractivity contribution in [3.8, 4) is 5.69 Å². The Hall–Kier alpha value is -5.64. The van der Waals surface area contributed by atoms with Crippen LogP contribution in [0.5, 0.6) is 0 Å². The minimum Gasteiger partial charge on any atom is -0.337 e. The highest BCUT2D eigenvalue weighted by Crippen LogP contribution is 2.50. The molecule has 0 spiro atoms. The maximum absolute atomic E-state index is 2.66. The van der Waals surface area contributed by atoms with Crippen molar-refractivity contribution >= 4 is 66.1 Å². The first kappa shape index (κ1) is 29.1. The molecule has 244 valence electrons. The van der Waals surface area contributed by atoms with Crippen molar-refractivity contribution in [1.82, 2.24) is 4.57 Å². The molecular formula is C48H36N2S. The van der Waals surface area contributed by atoms with Gasteiger partial charge in [-0.3, -0.25) is 0 Å². The lowest BCUT2D eigenvalue weighted by molar-refractivity contribution is 0.705. The van der Waals surface area contributed by atoms with E-state index in [0.29, 0.717) is 5.92 Å². The lowest BCUT2D eigenvalue weighted by Gasteiger charge is -2.33. The van der Waals surface area contributed by atoms with Gasteiger partial charge in [-0.2, -0.15) is 0 Å². The van der Waals surface area contributed by atoms with Gasteiger partial charge in [-0.05, 0) is 108 Å². The van der Waals surface area contributed by atoms with Gasteiger partial charge in [0.05, 0.1) is 17.1 Å². The monoisotopic (exact) mass is 672 g/mol. The number of rotatable bonds is 4. The Bertz CT molecular complexity index is 2720. The number of aryl methyl sites for hydroxylation is 1. The van der Waals surface area contributed by atoms with E-state index in [1.165, 1.54) is 87.2 Å². The van der Waals surface area contributed by atoms with E-state index in [9.17, 15) is 0 Å². The van der Waals surface area contributed by atoms with E-state index < -0.39 is 0 Å². The van der Waals surface area contributed by atoms with E-state index in [4.69, 9.17) is 0 Å². The Morgan fingerprint density at radius 1 is 0.686 bits per heavy atom. The predicted molar refractivity (Wildman–Crippen MR) is 218 cm³/mol. The molecule has 3 aliphatic carbocycles. The second-order valence-corrected chi connectivity index (χ2v) is 15.4. The van der Waals surface area contributed by atoms with Crippen LogP contribution < -0.4 is 4.90 Å². The summed E-state index contributed by atoms with van der Waals surface area (Å²) in [5.74, 6) is 0.333. The molecule has 5 aromatic carbocycles. The zero-order valence-electron chi connectivity index (χ0n) is 28.3. The number of aromatic nitrogens is 1. The molecule has 51 heavy (non-hydrogen) atoms. The molecule has 2 atom stereocenters. The smallest absolute Gasteiger partial charge is 0.0632 e. The van der Waals surface area contributed by atoms with Gasteiger partial charge in [-0.15, -0.1) is 11.3 Å². The molecule has 0 bridgehead atoms. The van der Waals surface area contributed by atoms with Crippen LogP contribution in [0, 0.1) is 0 Å². The van der Waals surface area contributed by atoms with Gasteiger partial charge in [0.15, 0.2) is 0 Å². The Labute approximate surface area is 302 Å². The summed E-state index contributed by atoms with van der Waals surface area (Å²) in [7, 11) is 0. The molecule has 11 rings (SSSR count). The van der Waals surface area contributed by atoms with E-state index in [-0.39, 0.29) is 6.04 Å². The van der Waals surface area contributed by atoms with Gasteiger partial charge in [-0.1, -0.05) is 109 Å². The molecule has 0 radical (unpaired) electrons. The number of hydrogen-bond acceptors (Lipinski definition) is 2. The first-order chi connectivity index (χ1) is 25.3. The van der Waals surface area contributed by atoms with Crippen LogP contribution in [0.3, 0.4) is 0 Å². The average Bonchev–Trinajstić information content (AvgIpc) is 3.85. The van der Waals surface area contributed by atoms with E-state index in [1.807, 2.05) is 11.3 Å². The summed E-state index contributed by atoms with van der Waals surface area (Å²) in [6.07, 6.45) is 21.0. The molecule has 3 heteroatoms. The minimum atomic E-state index is 0.240. The Morgan fingerprint density at radius 3 is 2.49 bits per heavy atom. The average molecular weight is 673 g/mol. The summed E-state index contributed by atoms with van der Waals surface area (Å²) in [6, 6.07) is 43.3. The molecule has 0 saturated heterocycles. The second-order valence-electron chi connectivity index (χ2n) is 14.3. The van der Waals surface area contributed by atoms with Crippen LogP contribution in [-0.4, -0.2) is 10.6 Å². The fourth-order valence-electron chi connectivity index (χ4n) is 9.12. The van der Waals surface area contributed by atoms with Crippen molar-refractivity contribution < 1.29 is 0 Å². The van der Waals surface area contributed by atoms with E-state index in [0.717, 1.165) is 25.7 Å². The number of hydrogen-bond donors (Lipinski definition) is 0. The highest BCUT2D eigenvalue weighted by atomic mass is 32.1. The number of anilines is 1. The third-order valence-corrected chi connectivity index (χ3v) is 12.7. The predicted octanol–water partition coefficient (Wildman–Crippen LogP) is 12.6. The topological polar surface area (TPSA) is 8.17 Å². The molecular weight excluding hydrogens is 637 g/mol. The quantitative estimate of drug-likeness (QED) is 0.181. The van der Waals surface area contributed by atoms with Gasteiger partial charge < -0.3 is 9.47 Å². The highest BCUT2D eigenvalue weighted by molar-refractivity contribution is 7.19. The molecule has 2 aromatic heterocycles. The van der Waals surface area contributed by atoms with Crippen molar-refractivity contribution in [2.24, 2.45) is 0 Å². The highest BCUT2D eigenvalue weighted by Gasteiger charge is 2.39. The molecule has 3 heterocycles. The van der Waals surface area contributed by atoms with Crippen LogP contribution >= 0.6 is 11.3 Å². The molecule has 2 nitrogen and oxygen atoms in total. The number of para-hydroxylation sites is 2. The van der Waals surface area contributed by atoms with Crippen molar-refractivity contribution in [3.63, 3.8) is 0 Å². The summed E-state index contributed by atoms with van der Waals surface area (Å²) < 4.78 is 3.84. The fourth-order valence-corrected chi connectivity index (χ4v) is 10.3. The first-order valence-electron chi connectivity index (χ1n) is 18.3. The molecule has 2 unspecified atom stereocenters. The molecule has 7 aromatic rings. The van der Waals surface area contributed by atoms with Crippen molar-refractivity contribution in [2.75, 3.05) is 4.90 Å². The minimum absolute atomic E-state index is 0.240. The van der Waals surface area contributed by atoms with Crippen molar-refractivity contribution in [1.29, 1.82) is 0 Å². The maximum atomic E-state index is 2.66. The van der Waals surface area contributed by atoms with Gasteiger partial charge >= 0.3 is 0 Å². The van der Waals surface area contributed by atoms with E-state index in [1.54, 1.807) is 0 Å². The van der Waals surface area contributed by atoms with E-state index >= 15 is 0 Å². The summed E-state index contributed by atoms with van der Waals surface area (Å²) in [6.45, 7) is 0. The Morgan fingerprint density at radius 2 is 1.55 bits per heavy atom. The van der Waals surface area contributed by atoms with Gasteiger partial charge in [-0.25, -0.2) is 0 Å². The van der Waals surface area contributed by atoms with Crippen LogP contribution in [0.25, 0.3) is 54.8 Å². The largest absolute Gasteiger partial charge is 0.337 e. The molecule has 1 aliphatic heterocycles. The van der Waals surface area contributed by atoms with Crippen LogP contribution in [0.15, 0.2) is 157 Å². The fraction of sp³-hybridized carbons (Fsp3) is 0.125. The van der Waals surface area contributed by atoms with Gasteiger partial charge in [0.1, 0.15) is 0 Å². The zero-order valence-corrected chi connectivity index (χ0v) is 29.1. The molecule has 0 N–H and O–H groups in total. The summed E-state index contributed by atoms with van der Waals surface area (Å²) in [4.78, 5) is 4.18. The SMILES string of the molecule is C1=CCCC(c2cccc(-n3c4ccccc4c4cc(C5=CC6C(C=C5)c5ccccc5N6C5=Cc6c(sc7ccccc67)CC5)ccc43)c2)=C1. The Kier molecular flexibility index (Phi) is 6.54. The third-order valence-electron chi connectivity index (χ3n) is 11.5. The lowest BCUT2D eigenvalue weighted by Crippen LogP contribution is -2.33. The lowest BCUT2D eigenvalue weighted by atomic mass is 9.86. The Balaban J connectivity index is 1.02. The summed E-state index contributed by atoms with van der Waals surface area (Å²) in [5.41, 5.74) is 14.6. The summed E-state index contributed by atoms with van der Waals surface area (Å²) in [5, 5.41) is 3.97. The third kappa shape index (κ3) is 4.54. The summed E-state index contributed by atoms with van der Waals surface area (Å²) >= 11 is 1.97. The first-order valence-corrected chi connectivity index (χ1v) is 19.1. The van der Waals surface area contributed by atoms with Gasteiger partial charge in [0, 0.05) is 48.7 Å². The normalized spacial score (nSPS) is 19.2. The number of nitrogens with zero attached hydrogens (tertiary/aromatic N) is 2. The molecule has 4 aliphatic rings. The maximum Gasteiger partial charge on any atom is 0.0632 e. The van der Waals surface area contributed by atoms with Crippen LogP contribution in [-0.2, 0) is 6.42 Å². The molecule has 0 amide bonds. The molecule has 0 fully saturated rings. The van der Waals surface area contributed by atoms with Crippen LogP contribution in [0.4, 0.5) is 5.69 Å². The van der Waals surface area contributed by atoms with E-state index in [2.05, 4.69) is 167 Å². The standard InChI is InChI=1S/C48H36N2S/c1-2-11-31(12-3-1)32-13-10-14-35(27-32)49-44-19-8-5-16-38(44)41-28-33(22-25-45(41)49)34-21-24-39-37-15-4-7-18-43(37)50(46(39)29-34)36-23-26-48-42(30-36)40-17-6-9-20-47(40)51-48/h1-2,4-11,13-22,24-25,27-30,39,46H,3,12,23,26H2. The van der Waals surface area contributed by atoms with Gasteiger partial charge in [0.25, 0.3) is 0 Å². The van der Waals surface area contributed by atoms with Crippen molar-refractivity contribution in [2.45, 2.75) is 37.6 Å². The number of allylic oxidation sites excluding steroid dienone is 7. The van der Waals surface area contributed by atoms with Gasteiger partial charge in [0.2, 0.25) is 0 Å². The second kappa shape index (κ2) is 11.4. The number of fused-ring (bicyclic) bond motifs is 9. The van der Waals surface area contributed by atoms with Crippen molar-refractivity contribution in [3.05, 3.63) is 185 Å². The number of thiophene rings is 1.